The van der Waals surface area contributed by atoms with E-state index in [0.717, 1.165) is 38.1 Å². The van der Waals surface area contributed by atoms with E-state index in [1.165, 1.54) is 25.7 Å². The highest BCUT2D eigenvalue weighted by molar-refractivity contribution is 7.80. The van der Waals surface area contributed by atoms with Crippen LogP contribution in [0.25, 0.3) is 0 Å². The molecule has 0 radical (unpaired) electrons. The largest absolute Gasteiger partial charge is 0.392 e. The van der Waals surface area contributed by atoms with Gasteiger partial charge in [-0.25, -0.2) is 0 Å². The third kappa shape index (κ3) is 1.77. The van der Waals surface area contributed by atoms with Gasteiger partial charge in [-0.15, -0.1) is 0 Å². The first-order valence-corrected chi connectivity index (χ1v) is 7.65. The van der Waals surface area contributed by atoms with E-state index in [9.17, 15) is 4.79 Å². The lowest BCUT2D eigenvalue weighted by Crippen LogP contribution is -2.53. The first-order valence-electron chi connectivity index (χ1n) is 7.24. The van der Waals surface area contributed by atoms with Crippen molar-refractivity contribution in [2.75, 3.05) is 6.54 Å². The van der Waals surface area contributed by atoms with E-state index in [4.69, 9.17) is 18.0 Å². The van der Waals surface area contributed by atoms with Crippen molar-refractivity contribution in [3.05, 3.63) is 0 Å². The van der Waals surface area contributed by atoms with Crippen LogP contribution in [0.15, 0.2) is 0 Å². The summed E-state index contributed by atoms with van der Waals surface area (Å²) in [7, 11) is 0. The standard InChI is InChI=1S/C14H22N2OS/c15-12(18)14(6-2-1-3-7-14)13(17)16-9-10-4-5-11(16)8-10/h10-11H,1-9H2,(H2,15,18). The van der Waals surface area contributed by atoms with Crippen LogP contribution in [-0.2, 0) is 4.79 Å². The fourth-order valence-electron chi connectivity index (χ4n) is 4.17. The number of hydrogen-bond acceptors (Lipinski definition) is 2. The lowest BCUT2D eigenvalue weighted by molar-refractivity contribution is -0.141. The maximum atomic E-state index is 12.9. The molecule has 3 fully saturated rings. The van der Waals surface area contributed by atoms with Crippen LogP contribution in [0.5, 0.6) is 0 Å². The second kappa shape index (κ2) is 4.48. The second-order valence-corrected chi connectivity index (χ2v) is 6.74. The first-order chi connectivity index (χ1) is 8.63. The van der Waals surface area contributed by atoms with E-state index in [-0.39, 0.29) is 5.91 Å². The van der Waals surface area contributed by atoms with Crippen LogP contribution < -0.4 is 5.73 Å². The quantitative estimate of drug-likeness (QED) is 0.780. The second-order valence-electron chi connectivity index (χ2n) is 6.30. The first kappa shape index (κ1) is 12.4. The maximum absolute atomic E-state index is 12.9. The Morgan fingerprint density at radius 2 is 1.94 bits per heavy atom. The minimum absolute atomic E-state index is 0.252. The van der Waals surface area contributed by atoms with Crippen LogP contribution in [0.1, 0.15) is 51.4 Å². The van der Waals surface area contributed by atoms with Gasteiger partial charge in [-0.3, -0.25) is 4.79 Å². The third-order valence-electron chi connectivity index (χ3n) is 5.26. The highest BCUT2D eigenvalue weighted by atomic mass is 32.1. The molecule has 1 aliphatic heterocycles. The predicted molar refractivity (Wildman–Crippen MR) is 75.1 cm³/mol. The molecule has 3 nitrogen and oxygen atoms in total. The van der Waals surface area contributed by atoms with Crippen LogP contribution in [0, 0.1) is 11.3 Å². The molecule has 0 aromatic heterocycles. The number of thiocarbonyl (C=S) groups is 1. The van der Waals surface area contributed by atoms with Gasteiger partial charge in [-0.05, 0) is 38.0 Å². The maximum Gasteiger partial charge on any atom is 0.235 e. The summed E-state index contributed by atoms with van der Waals surface area (Å²) in [5.41, 5.74) is 5.45. The van der Waals surface area contributed by atoms with Crippen molar-refractivity contribution in [1.29, 1.82) is 0 Å². The van der Waals surface area contributed by atoms with E-state index >= 15 is 0 Å². The van der Waals surface area contributed by atoms with Gasteiger partial charge in [0.05, 0.1) is 10.4 Å². The minimum atomic E-state index is -0.502. The lowest BCUT2D eigenvalue weighted by Gasteiger charge is -2.40. The van der Waals surface area contributed by atoms with Crippen LogP contribution in [-0.4, -0.2) is 28.4 Å². The average Bonchev–Trinajstić information content (AvgIpc) is 3.00. The summed E-state index contributed by atoms with van der Waals surface area (Å²) in [6, 6.07) is 0.482. The molecule has 2 unspecified atom stereocenters. The molecule has 1 saturated heterocycles. The molecular formula is C14H22N2OS. The van der Waals surface area contributed by atoms with E-state index < -0.39 is 5.41 Å². The van der Waals surface area contributed by atoms with Crippen molar-refractivity contribution in [3.8, 4) is 0 Å². The molecule has 2 saturated carbocycles. The van der Waals surface area contributed by atoms with Gasteiger partial charge >= 0.3 is 0 Å². The van der Waals surface area contributed by atoms with Gasteiger partial charge < -0.3 is 10.6 Å². The summed E-state index contributed by atoms with van der Waals surface area (Å²) in [5, 5.41) is 0. The van der Waals surface area contributed by atoms with Gasteiger partial charge in [0.25, 0.3) is 0 Å². The summed E-state index contributed by atoms with van der Waals surface area (Å²) in [5.74, 6) is 0.993. The predicted octanol–water partition coefficient (Wildman–Crippen LogP) is 2.23. The number of nitrogens with two attached hydrogens (primary N) is 1. The zero-order valence-electron chi connectivity index (χ0n) is 10.9. The average molecular weight is 266 g/mol. The highest BCUT2D eigenvalue weighted by Crippen LogP contribution is 2.44. The molecule has 2 bridgehead atoms. The lowest BCUT2D eigenvalue weighted by atomic mass is 9.72. The monoisotopic (exact) mass is 266 g/mol. The zero-order valence-corrected chi connectivity index (χ0v) is 11.7. The number of nitrogens with zero attached hydrogens (tertiary/aromatic N) is 1. The van der Waals surface area contributed by atoms with E-state index in [2.05, 4.69) is 4.90 Å². The van der Waals surface area contributed by atoms with Gasteiger partial charge in [-0.1, -0.05) is 31.5 Å². The molecule has 0 aromatic carbocycles. The molecule has 100 valence electrons. The molecule has 1 amide bonds. The van der Waals surface area contributed by atoms with Gasteiger partial charge in [0.2, 0.25) is 5.91 Å². The number of likely N-dealkylation sites (tertiary alicyclic amines) is 1. The number of rotatable bonds is 2. The topological polar surface area (TPSA) is 46.3 Å². The summed E-state index contributed by atoms with van der Waals surface area (Å²) in [4.78, 5) is 15.5. The number of piperidine rings is 1. The molecule has 4 heteroatoms. The van der Waals surface area contributed by atoms with Crippen molar-refractivity contribution < 1.29 is 4.79 Å². The van der Waals surface area contributed by atoms with Crippen molar-refractivity contribution in [2.24, 2.45) is 17.1 Å². The smallest absolute Gasteiger partial charge is 0.235 e. The van der Waals surface area contributed by atoms with E-state index in [1.54, 1.807) is 0 Å². The van der Waals surface area contributed by atoms with Crippen molar-refractivity contribution in [3.63, 3.8) is 0 Å². The fourth-order valence-corrected chi connectivity index (χ4v) is 4.46. The van der Waals surface area contributed by atoms with Crippen LogP contribution in [0.4, 0.5) is 0 Å². The number of carbonyl (C=O) groups is 1. The molecule has 2 aliphatic carbocycles. The molecule has 2 atom stereocenters. The summed E-state index contributed by atoms with van der Waals surface area (Å²) in [6.07, 6.45) is 8.82. The Morgan fingerprint density at radius 3 is 2.44 bits per heavy atom. The number of fused-ring (bicyclic) bond motifs is 2. The molecule has 3 aliphatic rings. The van der Waals surface area contributed by atoms with Crippen LogP contribution >= 0.6 is 12.2 Å². The van der Waals surface area contributed by atoms with Crippen LogP contribution in [0.2, 0.25) is 0 Å². The highest BCUT2D eigenvalue weighted by Gasteiger charge is 2.49. The van der Waals surface area contributed by atoms with Crippen molar-refractivity contribution in [2.45, 2.75) is 57.4 Å². The minimum Gasteiger partial charge on any atom is -0.392 e. The van der Waals surface area contributed by atoms with Gasteiger partial charge in [0.1, 0.15) is 0 Å². The van der Waals surface area contributed by atoms with E-state index in [0.29, 0.717) is 11.0 Å². The van der Waals surface area contributed by atoms with Gasteiger partial charge in [0.15, 0.2) is 0 Å². The molecule has 0 aromatic rings. The Balaban J connectivity index is 1.82. The molecule has 2 N–H and O–H groups in total. The summed E-state index contributed by atoms with van der Waals surface area (Å²) in [6.45, 7) is 0.952. The van der Waals surface area contributed by atoms with E-state index in [1.807, 2.05) is 0 Å². The Kier molecular flexibility index (Phi) is 3.08. The number of hydrogen-bond donors (Lipinski definition) is 1. The molecule has 0 spiro atoms. The normalized spacial score (nSPS) is 33.7. The zero-order chi connectivity index (χ0) is 12.8. The summed E-state index contributed by atoms with van der Waals surface area (Å²) < 4.78 is 0. The Bertz CT molecular complexity index is 376. The molecule has 3 rings (SSSR count). The number of carbonyl (C=O) groups excluding carboxylic acids is 1. The van der Waals surface area contributed by atoms with Gasteiger partial charge in [0, 0.05) is 12.6 Å². The molecule has 1 heterocycles. The summed E-state index contributed by atoms with van der Waals surface area (Å²) >= 11 is 5.26. The Hall–Kier alpha value is -0.640. The fraction of sp³-hybridized carbons (Fsp3) is 0.857. The van der Waals surface area contributed by atoms with Gasteiger partial charge in [-0.2, -0.15) is 0 Å². The van der Waals surface area contributed by atoms with Crippen molar-refractivity contribution >= 4 is 23.1 Å². The Morgan fingerprint density at radius 1 is 1.22 bits per heavy atom. The molecular weight excluding hydrogens is 244 g/mol. The Labute approximate surface area is 114 Å². The molecule has 18 heavy (non-hydrogen) atoms. The third-order valence-corrected chi connectivity index (χ3v) is 5.65. The SMILES string of the molecule is NC(=S)C1(C(=O)N2CC3CCC2C3)CCCCC1. The van der Waals surface area contributed by atoms with Crippen molar-refractivity contribution in [1.82, 2.24) is 4.90 Å². The van der Waals surface area contributed by atoms with Crippen LogP contribution in [0.3, 0.4) is 0 Å². The number of amides is 1.